The summed E-state index contributed by atoms with van der Waals surface area (Å²) in [5, 5.41) is -0.0681. The molecule has 0 aliphatic heterocycles. The lowest BCUT2D eigenvalue weighted by Crippen LogP contribution is -2.09. The van der Waals surface area contributed by atoms with Gasteiger partial charge in [-0.3, -0.25) is 0 Å². The summed E-state index contributed by atoms with van der Waals surface area (Å²) in [6.07, 6.45) is 1.69. The van der Waals surface area contributed by atoms with Gasteiger partial charge in [0.2, 0.25) is 0 Å². The minimum absolute atomic E-state index is 0.0681. The summed E-state index contributed by atoms with van der Waals surface area (Å²) in [4.78, 5) is 0. The van der Waals surface area contributed by atoms with Crippen LogP contribution in [0, 0.1) is 0 Å². The first-order valence-corrected chi connectivity index (χ1v) is 7.05. The van der Waals surface area contributed by atoms with E-state index in [1.807, 2.05) is 24.3 Å². The molecule has 2 nitrogen and oxygen atoms in total. The van der Waals surface area contributed by atoms with Crippen LogP contribution in [0.25, 0.3) is 0 Å². The lowest BCUT2D eigenvalue weighted by atomic mass is 10.2. The Morgan fingerprint density at radius 2 is 2.07 bits per heavy atom. The predicted molar refractivity (Wildman–Crippen MR) is 59.8 cm³/mol. The van der Waals surface area contributed by atoms with Crippen molar-refractivity contribution in [1.29, 1.82) is 0 Å². The molecule has 0 spiro atoms. The van der Waals surface area contributed by atoms with Gasteiger partial charge in [-0.1, -0.05) is 28.1 Å². The zero-order chi connectivity index (χ0) is 10.2. The molecule has 14 heavy (non-hydrogen) atoms. The summed E-state index contributed by atoms with van der Waals surface area (Å²) in [6.45, 7) is 0. The monoisotopic (exact) mass is 274 g/mol. The number of hydrogen-bond acceptors (Lipinski definition) is 2. The van der Waals surface area contributed by atoms with Crippen molar-refractivity contribution in [2.24, 2.45) is 0 Å². The quantitative estimate of drug-likeness (QED) is 0.849. The van der Waals surface area contributed by atoms with Gasteiger partial charge in [-0.15, -0.1) is 0 Å². The van der Waals surface area contributed by atoms with Crippen LogP contribution in [0.15, 0.2) is 28.7 Å². The molecule has 0 radical (unpaired) electrons. The Morgan fingerprint density at radius 1 is 1.36 bits per heavy atom. The van der Waals surface area contributed by atoms with Crippen LogP contribution in [0.2, 0.25) is 0 Å². The fraction of sp³-hybridized carbons (Fsp3) is 0.400. The first-order valence-electron chi connectivity index (χ1n) is 4.54. The molecule has 1 aliphatic rings. The van der Waals surface area contributed by atoms with Gasteiger partial charge in [-0.05, 0) is 30.5 Å². The van der Waals surface area contributed by atoms with E-state index in [1.54, 1.807) is 0 Å². The normalized spacial score (nSPS) is 16.9. The average molecular weight is 275 g/mol. The van der Waals surface area contributed by atoms with Gasteiger partial charge in [0, 0.05) is 4.47 Å². The van der Waals surface area contributed by atoms with Gasteiger partial charge < -0.3 is 0 Å². The van der Waals surface area contributed by atoms with Crippen LogP contribution in [0.5, 0.6) is 0 Å². The van der Waals surface area contributed by atoms with Crippen molar-refractivity contribution in [3.05, 3.63) is 34.3 Å². The first kappa shape index (κ1) is 10.2. The molecule has 1 saturated carbocycles. The number of sulfone groups is 1. The lowest BCUT2D eigenvalue weighted by molar-refractivity contribution is 0.594. The molecule has 76 valence electrons. The van der Waals surface area contributed by atoms with Crippen LogP contribution >= 0.6 is 15.9 Å². The molecule has 4 heteroatoms. The summed E-state index contributed by atoms with van der Waals surface area (Å²) < 4.78 is 24.2. The highest BCUT2D eigenvalue weighted by Crippen LogP contribution is 2.31. The Balaban J connectivity index is 2.18. The summed E-state index contributed by atoms with van der Waals surface area (Å²) in [6, 6.07) is 7.47. The smallest absolute Gasteiger partial charge is 0.157 e. The van der Waals surface area contributed by atoms with Crippen molar-refractivity contribution < 1.29 is 8.42 Å². The molecule has 0 N–H and O–H groups in total. The van der Waals surface area contributed by atoms with E-state index in [9.17, 15) is 8.42 Å². The van der Waals surface area contributed by atoms with E-state index in [-0.39, 0.29) is 11.0 Å². The van der Waals surface area contributed by atoms with Gasteiger partial charge in [0.25, 0.3) is 0 Å². The number of rotatable bonds is 3. The fourth-order valence-corrected chi connectivity index (χ4v) is 3.58. The Labute approximate surface area is 92.4 Å². The van der Waals surface area contributed by atoms with Gasteiger partial charge in [0.05, 0.1) is 11.0 Å². The third-order valence-electron chi connectivity index (χ3n) is 2.29. The zero-order valence-electron chi connectivity index (χ0n) is 7.61. The lowest BCUT2D eigenvalue weighted by Gasteiger charge is -2.02. The molecule has 0 bridgehead atoms. The maximum absolute atomic E-state index is 11.7. The minimum Gasteiger partial charge on any atom is -0.228 e. The second-order valence-corrected chi connectivity index (χ2v) is 6.83. The molecule has 0 heterocycles. The SMILES string of the molecule is O=S(=O)(Cc1cccc(Br)c1)C1CC1. The molecular weight excluding hydrogens is 264 g/mol. The summed E-state index contributed by atoms with van der Waals surface area (Å²) in [7, 11) is -2.88. The van der Waals surface area contributed by atoms with E-state index in [0.29, 0.717) is 0 Å². The third-order valence-corrected chi connectivity index (χ3v) is 5.01. The van der Waals surface area contributed by atoms with Crippen LogP contribution in [-0.4, -0.2) is 13.7 Å². The predicted octanol–water partition coefficient (Wildman–Crippen LogP) is 2.53. The maximum atomic E-state index is 11.7. The highest BCUT2D eigenvalue weighted by molar-refractivity contribution is 9.10. The van der Waals surface area contributed by atoms with Crippen molar-refractivity contribution in [1.82, 2.24) is 0 Å². The molecule has 0 unspecified atom stereocenters. The van der Waals surface area contributed by atoms with Crippen molar-refractivity contribution in [3.8, 4) is 0 Å². The van der Waals surface area contributed by atoms with E-state index in [2.05, 4.69) is 15.9 Å². The molecule has 2 rings (SSSR count). The second-order valence-electron chi connectivity index (χ2n) is 3.64. The summed E-state index contributed by atoms with van der Waals surface area (Å²) in [5.41, 5.74) is 0.867. The van der Waals surface area contributed by atoms with Gasteiger partial charge in [-0.25, -0.2) is 8.42 Å². The molecule has 0 aromatic heterocycles. The van der Waals surface area contributed by atoms with Gasteiger partial charge in [0.15, 0.2) is 9.84 Å². The van der Waals surface area contributed by atoms with Crippen molar-refractivity contribution in [2.75, 3.05) is 0 Å². The number of benzene rings is 1. The van der Waals surface area contributed by atoms with Crippen LogP contribution < -0.4 is 0 Å². The average Bonchev–Trinajstić information content (AvgIpc) is 2.84. The molecule has 1 aliphatic carbocycles. The van der Waals surface area contributed by atoms with Gasteiger partial charge in [-0.2, -0.15) is 0 Å². The van der Waals surface area contributed by atoms with Gasteiger partial charge >= 0.3 is 0 Å². The van der Waals surface area contributed by atoms with Crippen LogP contribution in [-0.2, 0) is 15.6 Å². The van der Waals surface area contributed by atoms with Crippen LogP contribution in [0.1, 0.15) is 18.4 Å². The molecule has 0 amide bonds. The van der Waals surface area contributed by atoms with Crippen LogP contribution in [0.4, 0.5) is 0 Å². The standard InChI is InChI=1S/C10H11BrO2S/c11-9-3-1-2-8(6-9)7-14(12,13)10-4-5-10/h1-3,6,10H,4-5,7H2. The Kier molecular flexibility index (Phi) is 2.66. The molecule has 1 fully saturated rings. The fourth-order valence-electron chi connectivity index (χ4n) is 1.40. The van der Waals surface area contributed by atoms with Gasteiger partial charge in [0.1, 0.15) is 0 Å². The van der Waals surface area contributed by atoms with Crippen molar-refractivity contribution >= 4 is 25.8 Å². The number of halogens is 1. The molecule has 0 saturated heterocycles. The van der Waals surface area contributed by atoms with E-state index in [0.717, 1.165) is 22.9 Å². The van der Waals surface area contributed by atoms with E-state index in [1.165, 1.54) is 0 Å². The molecular formula is C10H11BrO2S. The number of hydrogen-bond donors (Lipinski definition) is 0. The Bertz CT molecular complexity index is 435. The van der Waals surface area contributed by atoms with E-state index < -0.39 is 9.84 Å². The summed E-state index contributed by atoms with van der Waals surface area (Å²) >= 11 is 3.33. The highest BCUT2D eigenvalue weighted by Gasteiger charge is 2.35. The van der Waals surface area contributed by atoms with Crippen molar-refractivity contribution in [2.45, 2.75) is 23.8 Å². The topological polar surface area (TPSA) is 34.1 Å². The highest BCUT2D eigenvalue weighted by atomic mass is 79.9. The largest absolute Gasteiger partial charge is 0.228 e. The van der Waals surface area contributed by atoms with E-state index >= 15 is 0 Å². The minimum atomic E-state index is -2.88. The molecule has 1 aromatic rings. The summed E-state index contributed by atoms with van der Waals surface area (Å²) in [5.74, 6) is 0.178. The van der Waals surface area contributed by atoms with Crippen LogP contribution in [0.3, 0.4) is 0 Å². The molecule has 1 aromatic carbocycles. The molecule has 0 atom stereocenters. The second kappa shape index (κ2) is 3.66. The first-order chi connectivity index (χ1) is 6.58. The Morgan fingerprint density at radius 3 is 2.64 bits per heavy atom. The third kappa shape index (κ3) is 2.36. The maximum Gasteiger partial charge on any atom is 0.157 e. The zero-order valence-corrected chi connectivity index (χ0v) is 10.0. The van der Waals surface area contributed by atoms with E-state index in [4.69, 9.17) is 0 Å². The van der Waals surface area contributed by atoms with Crippen molar-refractivity contribution in [3.63, 3.8) is 0 Å². The Hall–Kier alpha value is -0.350.